The van der Waals surface area contributed by atoms with Gasteiger partial charge in [-0.25, -0.2) is 4.99 Å². The molecule has 0 aromatic rings. The molecule has 3 N–H and O–H groups in total. The molecule has 1 heterocycles. The number of hydrogen-bond donors (Lipinski definition) is 2. The van der Waals surface area contributed by atoms with Gasteiger partial charge in [0.15, 0.2) is 5.96 Å². The van der Waals surface area contributed by atoms with Crippen LogP contribution in [0.25, 0.3) is 0 Å². The summed E-state index contributed by atoms with van der Waals surface area (Å²) in [5.41, 5.74) is 8.86. The lowest BCUT2D eigenvalue weighted by Gasteiger charge is -2.38. The minimum absolute atomic E-state index is 0.433. The van der Waals surface area contributed by atoms with Gasteiger partial charge < -0.3 is 11.1 Å². The summed E-state index contributed by atoms with van der Waals surface area (Å²) in [6.07, 6.45) is 12.3. The van der Waals surface area contributed by atoms with Crippen LogP contribution in [0.5, 0.6) is 0 Å². The predicted octanol–water partition coefficient (Wildman–Crippen LogP) is 3.34. The fourth-order valence-corrected chi connectivity index (χ4v) is 4.23. The van der Waals surface area contributed by atoms with E-state index in [1.807, 2.05) is 0 Å². The lowest BCUT2D eigenvalue weighted by molar-refractivity contribution is 0.309. The SMILES string of the molecule is CCCC/C=C/C1=C2NC(N)=N[C@@H]3CC[C@H](C[C@H]1C)[C@H]23. The molecule has 3 aliphatic rings. The van der Waals surface area contributed by atoms with Gasteiger partial charge in [0.05, 0.1) is 6.04 Å². The normalized spacial score (nSPS) is 36.0. The minimum Gasteiger partial charge on any atom is -0.370 e. The fourth-order valence-electron chi connectivity index (χ4n) is 4.23. The smallest absolute Gasteiger partial charge is 0.193 e. The molecule has 0 spiro atoms. The first kappa shape index (κ1) is 13.7. The summed E-state index contributed by atoms with van der Waals surface area (Å²) >= 11 is 0. The zero-order chi connectivity index (χ0) is 14.1. The second-order valence-electron chi connectivity index (χ2n) is 6.62. The van der Waals surface area contributed by atoms with Crippen molar-refractivity contribution in [2.45, 2.75) is 58.4 Å². The molecule has 2 aliphatic carbocycles. The highest BCUT2D eigenvalue weighted by Gasteiger charge is 2.45. The molecule has 0 saturated heterocycles. The predicted molar refractivity (Wildman–Crippen MR) is 84.2 cm³/mol. The van der Waals surface area contributed by atoms with E-state index < -0.39 is 0 Å². The van der Waals surface area contributed by atoms with Crippen molar-refractivity contribution in [3.8, 4) is 0 Å². The van der Waals surface area contributed by atoms with Crippen LogP contribution in [-0.2, 0) is 0 Å². The van der Waals surface area contributed by atoms with Crippen molar-refractivity contribution in [2.24, 2.45) is 28.5 Å². The molecular formula is C17H27N3. The van der Waals surface area contributed by atoms with Gasteiger partial charge in [-0.3, -0.25) is 0 Å². The molecule has 110 valence electrons. The van der Waals surface area contributed by atoms with Crippen molar-refractivity contribution >= 4 is 5.96 Å². The standard InChI is InChI=1S/C17H27N3/c1-3-4-5-6-7-13-11(2)10-12-8-9-14-15(12)16(13)20-17(18)19-14/h6-7,11-12,14-15H,3-5,8-10H2,1-2H3,(H3,18,19,20)/b7-6+/t11-,12-,14-,15+/m1/s1. The van der Waals surface area contributed by atoms with Crippen molar-refractivity contribution in [1.29, 1.82) is 0 Å². The number of nitrogens with one attached hydrogen (secondary N) is 1. The molecule has 1 saturated carbocycles. The Hall–Kier alpha value is -1.25. The minimum atomic E-state index is 0.433. The van der Waals surface area contributed by atoms with Crippen LogP contribution >= 0.6 is 0 Å². The van der Waals surface area contributed by atoms with Crippen molar-refractivity contribution in [3.63, 3.8) is 0 Å². The van der Waals surface area contributed by atoms with Gasteiger partial charge in [0, 0.05) is 11.6 Å². The maximum absolute atomic E-state index is 5.99. The monoisotopic (exact) mass is 273 g/mol. The van der Waals surface area contributed by atoms with Crippen LogP contribution in [0, 0.1) is 17.8 Å². The quantitative estimate of drug-likeness (QED) is 0.772. The van der Waals surface area contributed by atoms with Gasteiger partial charge >= 0.3 is 0 Å². The van der Waals surface area contributed by atoms with Crippen molar-refractivity contribution in [2.75, 3.05) is 0 Å². The summed E-state index contributed by atoms with van der Waals surface area (Å²) in [5.74, 6) is 2.67. The molecule has 0 aromatic carbocycles. The maximum Gasteiger partial charge on any atom is 0.193 e. The highest BCUT2D eigenvalue weighted by atomic mass is 15.2. The molecule has 3 rings (SSSR count). The van der Waals surface area contributed by atoms with Gasteiger partial charge in [-0.15, -0.1) is 0 Å². The maximum atomic E-state index is 5.99. The molecule has 0 amide bonds. The van der Waals surface area contributed by atoms with Crippen molar-refractivity contribution < 1.29 is 0 Å². The molecule has 0 bridgehead atoms. The fraction of sp³-hybridized carbons (Fsp3) is 0.706. The molecule has 1 fully saturated rings. The van der Waals surface area contributed by atoms with Crippen LogP contribution in [-0.4, -0.2) is 12.0 Å². The van der Waals surface area contributed by atoms with E-state index in [1.54, 1.807) is 0 Å². The first-order valence-electron chi connectivity index (χ1n) is 8.21. The van der Waals surface area contributed by atoms with Crippen molar-refractivity contribution in [3.05, 3.63) is 23.4 Å². The third-order valence-electron chi connectivity index (χ3n) is 5.18. The zero-order valence-electron chi connectivity index (χ0n) is 12.7. The number of aliphatic imine (C=N–C) groups is 1. The number of allylic oxidation sites excluding steroid dienone is 3. The van der Waals surface area contributed by atoms with Crippen LogP contribution in [0.15, 0.2) is 28.4 Å². The van der Waals surface area contributed by atoms with E-state index in [4.69, 9.17) is 5.73 Å². The van der Waals surface area contributed by atoms with E-state index >= 15 is 0 Å². The summed E-state index contributed by atoms with van der Waals surface area (Å²) in [6, 6.07) is 0.433. The number of unbranched alkanes of at least 4 members (excludes halogenated alkanes) is 2. The van der Waals surface area contributed by atoms with Gasteiger partial charge in [-0.2, -0.15) is 0 Å². The average molecular weight is 273 g/mol. The number of rotatable bonds is 4. The second kappa shape index (κ2) is 5.63. The molecule has 20 heavy (non-hydrogen) atoms. The summed E-state index contributed by atoms with van der Waals surface area (Å²) in [4.78, 5) is 4.62. The lowest BCUT2D eigenvalue weighted by atomic mass is 9.73. The second-order valence-corrected chi connectivity index (χ2v) is 6.62. The topological polar surface area (TPSA) is 50.4 Å². The van der Waals surface area contributed by atoms with E-state index in [2.05, 4.69) is 36.3 Å². The van der Waals surface area contributed by atoms with E-state index in [-0.39, 0.29) is 0 Å². The van der Waals surface area contributed by atoms with Crippen LogP contribution in [0.2, 0.25) is 0 Å². The van der Waals surface area contributed by atoms with E-state index in [9.17, 15) is 0 Å². The Morgan fingerprint density at radius 1 is 1.40 bits per heavy atom. The number of guanidine groups is 1. The molecule has 4 atom stereocenters. The first-order valence-corrected chi connectivity index (χ1v) is 8.21. The van der Waals surface area contributed by atoms with E-state index in [0.29, 0.717) is 23.8 Å². The summed E-state index contributed by atoms with van der Waals surface area (Å²) < 4.78 is 0. The molecule has 3 heteroatoms. The summed E-state index contributed by atoms with van der Waals surface area (Å²) in [7, 11) is 0. The summed E-state index contributed by atoms with van der Waals surface area (Å²) in [5, 5.41) is 3.40. The van der Waals surface area contributed by atoms with E-state index in [1.165, 1.54) is 49.8 Å². The molecular weight excluding hydrogens is 246 g/mol. The van der Waals surface area contributed by atoms with Crippen LogP contribution in [0.1, 0.15) is 52.4 Å². The lowest BCUT2D eigenvalue weighted by Crippen LogP contribution is -2.45. The Bertz CT molecular complexity index is 461. The first-order chi connectivity index (χ1) is 9.70. The van der Waals surface area contributed by atoms with Gasteiger partial charge in [0.25, 0.3) is 0 Å². The Labute approximate surface area is 122 Å². The number of nitrogens with two attached hydrogens (primary N) is 1. The molecule has 0 radical (unpaired) electrons. The molecule has 1 aliphatic heterocycles. The molecule has 0 aromatic heterocycles. The van der Waals surface area contributed by atoms with Gasteiger partial charge in [-0.1, -0.05) is 38.8 Å². The van der Waals surface area contributed by atoms with Crippen LogP contribution < -0.4 is 11.1 Å². The third kappa shape index (κ3) is 2.38. The molecule has 3 nitrogen and oxygen atoms in total. The van der Waals surface area contributed by atoms with Gasteiger partial charge in [-0.05, 0) is 43.1 Å². The highest BCUT2D eigenvalue weighted by molar-refractivity contribution is 5.81. The van der Waals surface area contributed by atoms with Gasteiger partial charge in [0.2, 0.25) is 0 Å². The Morgan fingerprint density at radius 3 is 3.05 bits per heavy atom. The van der Waals surface area contributed by atoms with Crippen molar-refractivity contribution in [1.82, 2.24) is 5.32 Å². The van der Waals surface area contributed by atoms with Gasteiger partial charge in [0.1, 0.15) is 0 Å². The number of nitrogens with zero attached hydrogens (tertiary/aromatic N) is 1. The van der Waals surface area contributed by atoms with E-state index in [0.717, 1.165) is 5.92 Å². The largest absolute Gasteiger partial charge is 0.370 e. The zero-order valence-corrected chi connectivity index (χ0v) is 12.7. The van der Waals surface area contributed by atoms with Crippen LogP contribution in [0.4, 0.5) is 0 Å². The molecule has 0 unspecified atom stereocenters. The summed E-state index contributed by atoms with van der Waals surface area (Å²) in [6.45, 7) is 4.60. The Morgan fingerprint density at radius 2 is 2.25 bits per heavy atom. The Kier molecular flexibility index (Phi) is 3.86. The third-order valence-corrected chi connectivity index (χ3v) is 5.18. The Balaban J connectivity index is 1.89. The number of hydrogen-bond acceptors (Lipinski definition) is 3. The average Bonchev–Trinajstić information content (AvgIpc) is 2.80. The highest BCUT2D eigenvalue weighted by Crippen LogP contribution is 2.48. The van der Waals surface area contributed by atoms with Crippen LogP contribution in [0.3, 0.4) is 0 Å².